The molecule has 2 aliphatic heterocycles. The third-order valence-electron chi connectivity index (χ3n) is 7.34. The van der Waals surface area contributed by atoms with Gasteiger partial charge >= 0.3 is 0 Å². The average molecular weight is 683 g/mol. The Morgan fingerprint density at radius 2 is 1.46 bits per heavy atom. The average Bonchev–Trinajstić information content (AvgIpc) is 2.97. The van der Waals surface area contributed by atoms with Crippen LogP contribution in [0, 0.1) is 0 Å². The first kappa shape index (κ1) is 35.2. The van der Waals surface area contributed by atoms with Crippen molar-refractivity contribution in [1.29, 1.82) is 0 Å². The number of piperidine rings is 2. The number of aromatic nitrogens is 4. The first-order valence-corrected chi connectivity index (χ1v) is 16.9. The quantitative estimate of drug-likeness (QED) is 0.146. The molecule has 0 bridgehead atoms. The first-order valence-electron chi connectivity index (χ1n) is 15.4. The molecule has 2 unspecified atom stereocenters. The number of nitrogens with one attached hydrogen (secondary N) is 5. The van der Waals surface area contributed by atoms with E-state index in [1.54, 1.807) is 12.4 Å². The molecule has 10 nitrogen and oxygen atoms in total. The maximum absolute atomic E-state index is 4.47. The highest BCUT2D eigenvalue weighted by atomic mass is 127. The summed E-state index contributed by atoms with van der Waals surface area (Å²) in [5.74, 6) is 3.10. The van der Waals surface area contributed by atoms with E-state index in [0.29, 0.717) is 5.95 Å². The molecule has 2 fully saturated rings. The van der Waals surface area contributed by atoms with Crippen molar-refractivity contribution in [1.82, 2.24) is 30.2 Å². The van der Waals surface area contributed by atoms with Gasteiger partial charge in [-0.05, 0) is 88.6 Å². The molecule has 0 spiro atoms. The highest BCUT2D eigenvalue weighted by Crippen LogP contribution is 2.25. The number of rotatable bonds is 11. The van der Waals surface area contributed by atoms with E-state index in [4.69, 9.17) is 0 Å². The number of anilines is 4. The van der Waals surface area contributed by atoms with Crippen LogP contribution >= 0.6 is 22.6 Å². The third-order valence-corrected chi connectivity index (χ3v) is 8.10. The fourth-order valence-corrected chi connectivity index (χ4v) is 5.73. The Balaban J connectivity index is 0.000000251. The first-order chi connectivity index (χ1) is 19.8. The predicted molar refractivity (Wildman–Crippen MR) is 184 cm³/mol. The lowest BCUT2D eigenvalue weighted by Gasteiger charge is -2.41. The molecule has 2 saturated heterocycles. The van der Waals surface area contributed by atoms with Crippen LogP contribution in [0.1, 0.15) is 79.1 Å². The van der Waals surface area contributed by atoms with Gasteiger partial charge in [0.25, 0.3) is 0 Å². The summed E-state index contributed by atoms with van der Waals surface area (Å²) >= 11 is 2.39. The van der Waals surface area contributed by atoms with Gasteiger partial charge in [0.15, 0.2) is 0 Å². The van der Waals surface area contributed by atoms with Gasteiger partial charge in [0.2, 0.25) is 11.9 Å². The summed E-state index contributed by atoms with van der Waals surface area (Å²) in [4.78, 5) is 20.0. The molecule has 2 aromatic heterocycles. The molecule has 2 aromatic rings. The number of hydrogen-bond acceptors (Lipinski definition) is 10. The number of alkyl halides is 1. The minimum atomic E-state index is 0.0601. The van der Waals surface area contributed by atoms with Crippen molar-refractivity contribution >= 4 is 46.1 Å². The topological polar surface area (TPSA) is 115 Å². The molecule has 11 heteroatoms. The van der Waals surface area contributed by atoms with Crippen molar-refractivity contribution in [3.05, 3.63) is 24.5 Å². The van der Waals surface area contributed by atoms with Crippen LogP contribution in [0.5, 0.6) is 0 Å². The Morgan fingerprint density at radius 3 is 1.95 bits per heavy atom. The fraction of sp³-hybridized carbons (Fsp3) is 0.733. The lowest BCUT2D eigenvalue weighted by Crippen LogP contribution is -2.51. The predicted octanol–water partition coefficient (Wildman–Crippen LogP) is 5.88. The zero-order valence-electron chi connectivity index (χ0n) is 26.3. The largest absolute Gasteiger partial charge is 0.373 e. The molecule has 2 atom stereocenters. The minimum Gasteiger partial charge on any atom is -0.373 e. The van der Waals surface area contributed by atoms with Crippen molar-refractivity contribution in [2.75, 3.05) is 72.5 Å². The lowest BCUT2D eigenvalue weighted by molar-refractivity contribution is 0.169. The highest BCUT2D eigenvalue weighted by Gasteiger charge is 2.31. The molecule has 0 saturated carbocycles. The summed E-state index contributed by atoms with van der Waals surface area (Å²) in [6.07, 6.45) is 13.5. The van der Waals surface area contributed by atoms with Crippen LogP contribution in [0.2, 0.25) is 0 Å². The molecule has 5 N–H and O–H groups in total. The fourth-order valence-electron chi connectivity index (χ4n) is 4.97. The normalized spacial score (nSPS) is 22.3. The van der Waals surface area contributed by atoms with Crippen molar-refractivity contribution < 1.29 is 0 Å². The standard InChI is InChI=1S/C15H27N5.C11H19N5.C4H9I/c1-4-5-10-20-11-6-8-15(2,12-20)19-14-17-9-7-13(16-3)18-14;1-11(5-3-6-13-8-11)16-10-14-7-4-9(12-2)15-10;1-2-3-4-5/h7,9H,4-6,8,10-12H2,1-3H3,(H2,16,17,18,19);4,7,13H,3,5-6,8H2,1-2H3,(H2,12,14,15,16);2-4H2,1H3. The van der Waals surface area contributed by atoms with Crippen LogP contribution in [0.4, 0.5) is 23.5 Å². The van der Waals surface area contributed by atoms with Crippen LogP contribution in [-0.4, -0.2) is 87.2 Å². The summed E-state index contributed by atoms with van der Waals surface area (Å²) in [5, 5.41) is 16.4. The van der Waals surface area contributed by atoms with E-state index in [0.717, 1.165) is 43.6 Å². The molecule has 4 heterocycles. The molecule has 41 heavy (non-hydrogen) atoms. The highest BCUT2D eigenvalue weighted by molar-refractivity contribution is 14.1. The van der Waals surface area contributed by atoms with Crippen molar-refractivity contribution in [2.45, 2.75) is 90.1 Å². The van der Waals surface area contributed by atoms with Gasteiger partial charge in [-0.25, -0.2) is 9.97 Å². The molecule has 4 rings (SSSR count). The lowest BCUT2D eigenvalue weighted by atomic mass is 9.91. The summed E-state index contributed by atoms with van der Waals surface area (Å²) in [6, 6.07) is 3.73. The van der Waals surface area contributed by atoms with Crippen LogP contribution in [0.3, 0.4) is 0 Å². The van der Waals surface area contributed by atoms with Gasteiger partial charge in [-0.3, -0.25) is 0 Å². The van der Waals surface area contributed by atoms with Crippen molar-refractivity contribution in [3.8, 4) is 0 Å². The Bertz CT molecular complexity index is 970. The van der Waals surface area contributed by atoms with Crippen LogP contribution in [-0.2, 0) is 0 Å². The van der Waals surface area contributed by atoms with Crippen LogP contribution in [0.25, 0.3) is 0 Å². The SMILES string of the molecule is CCCCI.CCCCN1CCCC(C)(Nc2nccc(NC)n2)C1.CNc1ccnc(NC2(C)CCCNC2)n1. The van der Waals surface area contributed by atoms with Crippen LogP contribution in [0.15, 0.2) is 24.5 Å². The van der Waals surface area contributed by atoms with E-state index in [1.165, 1.54) is 62.5 Å². The van der Waals surface area contributed by atoms with Gasteiger partial charge in [-0.1, -0.05) is 49.3 Å². The molecular weight excluding hydrogens is 627 g/mol. The van der Waals surface area contributed by atoms with Gasteiger partial charge in [-0.15, -0.1) is 0 Å². The minimum absolute atomic E-state index is 0.0601. The third kappa shape index (κ3) is 13.7. The molecule has 0 aromatic carbocycles. The van der Waals surface area contributed by atoms with E-state index in [1.807, 2.05) is 26.2 Å². The Kier molecular flexibility index (Phi) is 16.5. The number of hydrogen-bond donors (Lipinski definition) is 5. The second-order valence-corrected chi connectivity index (χ2v) is 12.5. The monoisotopic (exact) mass is 682 g/mol. The molecule has 0 aliphatic carbocycles. The van der Waals surface area contributed by atoms with E-state index in [-0.39, 0.29) is 11.1 Å². The van der Waals surface area contributed by atoms with Crippen molar-refractivity contribution in [2.24, 2.45) is 0 Å². The Labute approximate surface area is 262 Å². The molecule has 232 valence electrons. The van der Waals surface area contributed by atoms with Gasteiger partial charge in [0.05, 0.1) is 5.54 Å². The summed E-state index contributed by atoms with van der Waals surface area (Å²) < 4.78 is 1.31. The van der Waals surface area contributed by atoms with Crippen molar-refractivity contribution in [3.63, 3.8) is 0 Å². The molecule has 0 amide bonds. The summed E-state index contributed by atoms with van der Waals surface area (Å²) in [7, 11) is 3.73. The van der Waals surface area contributed by atoms with Gasteiger partial charge in [-0.2, -0.15) is 9.97 Å². The smallest absolute Gasteiger partial charge is 0.225 e. The van der Waals surface area contributed by atoms with E-state index < -0.39 is 0 Å². The Morgan fingerprint density at radius 1 is 0.878 bits per heavy atom. The maximum atomic E-state index is 4.47. The number of likely N-dealkylation sites (tertiary alicyclic amines) is 1. The number of halogens is 1. The van der Waals surface area contributed by atoms with Crippen LogP contribution < -0.4 is 26.6 Å². The maximum Gasteiger partial charge on any atom is 0.225 e. The van der Waals surface area contributed by atoms with E-state index >= 15 is 0 Å². The van der Waals surface area contributed by atoms with Gasteiger partial charge < -0.3 is 31.5 Å². The number of unbranched alkanes of at least 4 members (excludes halogenated alkanes) is 2. The summed E-state index contributed by atoms with van der Waals surface area (Å²) in [5.41, 5.74) is 0.128. The van der Waals surface area contributed by atoms with Gasteiger partial charge in [0, 0.05) is 45.1 Å². The molecular formula is C30H55IN10. The zero-order chi connectivity index (χ0) is 30.0. The molecule has 0 radical (unpaired) electrons. The number of nitrogens with zero attached hydrogens (tertiary/aromatic N) is 5. The van der Waals surface area contributed by atoms with E-state index in [9.17, 15) is 0 Å². The summed E-state index contributed by atoms with van der Waals surface area (Å²) in [6.45, 7) is 14.5. The second-order valence-electron chi connectivity index (χ2n) is 11.5. The van der Waals surface area contributed by atoms with Gasteiger partial charge in [0.1, 0.15) is 11.6 Å². The zero-order valence-corrected chi connectivity index (χ0v) is 28.5. The molecule has 2 aliphatic rings. The second kappa shape index (κ2) is 19.2. The van der Waals surface area contributed by atoms with E-state index in [2.05, 4.69) is 102 Å². The Hall–Kier alpha value is -1.99.